The van der Waals surface area contributed by atoms with E-state index in [0.717, 1.165) is 30.0 Å². The van der Waals surface area contributed by atoms with Gasteiger partial charge in [0.15, 0.2) is 11.5 Å². The number of fused-ring (bicyclic) bond motifs is 2. The standard InChI is InChI=1S/C33H32FN9O3S/c1-47(45,46)38-15-20-9-21(12-23(34)10-20)25-7-8-36-32-30(25)40-33(41-32)31-26-14-27(37-18-28(26)42-43-31)22-13-24(17-35-16-22)39-29(44)11-19-5-3-2-4-6-19/h7-10,12-14,16-19,38H,2-6,11,15H2,1H3,(H,39,44)(H,42,43)(H,36,40,41). The number of pyridine rings is 3. The van der Waals surface area contributed by atoms with Crippen molar-refractivity contribution in [3.8, 4) is 33.9 Å². The quantitative estimate of drug-likeness (QED) is 0.153. The molecule has 1 amide bonds. The van der Waals surface area contributed by atoms with Gasteiger partial charge >= 0.3 is 0 Å². The Kier molecular flexibility index (Phi) is 8.20. The topological polar surface area (TPSA) is 171 Å². The predicted molar refractivity (Wildman–Crippen MR) is 177 cm³/mol. The number of amides is 1. The fourth-order valence-electron chi connectivity index (χ4n) is 6.16. The summed E-state index contributed by atoms with van der Waals surface area (Å²) in [5.41, 5.74) is 5.84. The van der Waals surface area contributed by atoms with Gasteiger partial charge in [-0.15, -0.1) is 0 Å². The summed E-state index contributed by atoms with van der Waals surface area (Å²) in [5, 5.41) is 11.3. The molecule has 0 atom stereocenters. The van der Waals surface area contributed by atoms with E-state index in [4.69, 9.17) is 0 Å². The Morgan fingerprint density at radius 2 is 1.87 bits per heavy atom. The number of sulfonamides is 1. The number of aromatic nitrogens is 7. The van der Waals surface area contributed by atoms with E-state index in [0.29, 0.717) is 68.6 Å². The van der Waals surface area contributed by atoms with Gasteiger partial charge in [0.25, 0.3) is 0 Å². The van der Waals surface area contributed by atoms with Crippen molar-refractivity contribution < 1.29 is 17.6 Å². The van der Waals surface area contributed by atoms with Gasteiger partial charge < -0.3 is 10.3 Å². The molecule has 0 aliphatic heterocycles. The van der Waals surface area contributed by atoms with E-state index in [1.807, 2.05) is 12.1 Å². The van der Waals surface area contributed by atoms with Crippen molar-refractivity contribution in [2.45, 2.75) is 45.1 Å². The van der Waals surface area contributed by atoms with Crippen molar-refractivity contribution in [1.82, 2.24) is 39.8 Å². The average molecular weight is 654 g/mol. The van der Waals surface area contributed by atoms with Gasteiger partial charge in [-0.25, -0.2) is 27.5 Å². The highest BCUT2D eigenvalue weighted by atomic mass is 32.2. The van der Waals surface area contributed by atoms with Crippen LogP contribution in [0.15, 0.2) is 61.2 Å². The molecule has 7 rings (SSSR count). The monoisotopic (exact) mass is 653 g/mol. The molecule has 0 unspecified atom stereocenters. The molecular formula is C33H32FN9O3S. The number of carbonyl (C=O) groups excluding carboxylic acids is 1. The van der Waals surface area contributed by atoms with E-state index in [1.54, 1.807) is 36.9 Å². The lowest BCUT2D eigenvalue weighted by atomic mass is 9.87. The molecule has 1 fully saturated rings. The molecule has 47 heavy (non-hydrogen) atoms. The van der Waals surface area contributed by atoms with Gasteiger partial charge in [0.1, 0.15) is 11.5 Å². The SMILES string of the molecule is CS(=O)(=O)NCc1cc(F)cc(-c2ccnc3nc(-c4n[nH]c5cnc(-c6cncc(NC(=O)CC7CCCCC7)c6)cc45)[nH]c23)c1. The molecular weight excluding hydrogens is 621 g/mol. The molecule has 5 heterocycles. The van der Waals surface area contributed by atoms with Crippen LogP contribution in [0.4, 0.5) is 10.1 Å². The lowest BCUT2D eigenvalue weighted by Gasteiger charge is -2.20. The average Bonchev–Trinajstić information content (AvgIpc) is 3.68. The van der Waals surface area contributed by atoms with Crippen LogP contribution >= 0.6 is 0 Å². The first-order chi connectivity index (χ1) is 22.7. The van der Waals surface area contributed by atoms with Crippen LogP contribution in [0.5, 0.6) is 0 Å². The fourth-order valence-corrected chi connectivity index (χ4v) is 6.58. The number of rotatable bonds is 9. The van der Waals surface area contributed by atoms with E-state index in [-0.39, 0.29) is 12.5 Å². The van der Waals surface area contributed by atoms with Crippen molar-refractivity contribution >= 4 is 43.7 Å². The first-order valence-electron chi connectivity index (χ1n) is 15.4. The van der Waals surface area contributed by atoms with Crippen LogP contribution in [-0.2, 0) is 21.4 Å². The van der Waals surface area contributed by atoms with Gasteiger partial charge in [0.05, 0.1) is 41.1 Å². The minimum absolute atomic E-state index is 0.00529. The second-order valence-corrected chi connectivity index (χ2v) is 13.8. The maximum atomic E-state index is 14.6. The van der Waals surface area contributed by atoms with Crippen LogP contribution in [0.2, 0.25) is 0 Å². The molecule has 1 aliphatic carbocycles. The lowest BCUT2D eigenvalue weighted by molar-refractivity contribution is -0.117. The summed E-state index contributed by atoms with van der Waals surface area (Å²) < 4.78 is 40.2. The highest BCUT2D eigenvalue weighted by Gasteiger charge is 2.19. The molecule has 0 bridgehead atoms. The van der Waals surface area contributed by atoms with Crippen LogP contribution in [0.25, 0.3) is 56.0 Å². The van der Waals surface area contributed by atoms with Crippen molar-refractivity contribution in [1.29, 1.82) is 0 Å². The Balaban J connectivity index is 1.18. The number of anilines is 1. The van der Waals surface area contributed by atoms with Crippen LogP contribution in [0.1, 0.15) is 44.1 Å². The molecule has 12 nitrogen and oxygen atoms in total. The van der Waals surface area contributed by atoms with Crippen LogP contribution in [0.3, 0.4) is 0 Å². The zero-order chi connectivity index (χ0) is 32.5. The Hall–Kier alpha value is -5.08. The van der Waals surface area contributed by atoms with Crippen molar-refractivity contribution in [2.75, 3.05) is 11.6 Å². The number of nitrogens with zero attached hydrogens (tertiary/aromatic N) is 5. The van der Waals surface area contributed by atoms with Gasteiger partial charge in [0, 0.05) is 41.9 Å². The molecule has 4 N–H and O–H groups in total. The smallest absolute Gasteiger partial charge is 0.224 e. The van der Waals surface area contributed by atoms with Gasteiger partial charge in [-0.3, -0.25) is 19.9 Å². The fraction of sp³-hybridized carbons (Fsp3) is 0.273. The third kappa shape index (κ3) is 6.88. The Labute approximate surface area is 269 Å². The summed E-state index contributed by atoms with van der Waals surface area (Å²) in [4.78, 5) is 34.1. The van der Waals surface area contributed by atoms with Gasteiger partial charge in [-0.05, 0) is 66.3 Å². The number of hydrogen-bond donors (Lipinski definition) is 4. The van der Waals surface area contributed by atoms with Gasteiger partial charge in [-0.2, -0.15) is 5.10 Å². The molecule has 240 valence electrons. The Bertz CT molecular complexity index is 2230. The molecule has 1 aromatic carbocycles. The minimum Gasteiger partial charge on any atom is -0.335 e. The number of halogens is 1. The van der Waals surface area contributed by atoms with E-state index in [2.05, 4.69) is 45.2 Å². The molecule has 5 aromatic heterocycles. The number of hydrogen-bond acceptors (Lipinski definition) is 8. The Morgan fingerprint density at radius 1 is 1.02 bits per heavy atom. The summed E-state index contributed by atoms with van der Waals surface area (Å²) in [6.07, 6.45) is 14.0. The second-order valence-electron chi connectivity index (χ2n) is 12.0. The largest absolute Gasteiger partial charge is 0.335 e. The predicted octanol–water partition coefficient (Wildman–Crippen LogP) is 5.72. The highest BCUT2D eigenvalue weighted by Crippen LogP contribution is 2.33. The third-order valence-electron chi connectivity index (χ3n) is 8.39. The number of aromatic amines is 2. The van der Waals surface area contributed by atoms with Crippen LogP contribution in [0, 0.1) is 11.7 Å². The van der Waals surface area contributed by atoms with Crippen LogP contribution in [-0.4, -0.2) is 55.7 Å². The number of H-pyrrole nitrogens is 2. The number of imidazole rings is 1. The van der Waals surface area contributed by atoms with Gasteiger partial charge in [0.2, 0.25) is 15.9 Å². The first kappa shape index (κ1) is 30.6. The lowest BCUT2D eigenvalue weighted by Crippen LogP contribution is -2.21. The summed E-state index contributed by atoms with van der Waals surface area (Å²) >= 11 is 0. The van der Waals surface area contributed by atoms with Crippen molar-refractivity contribution in [2.24, 2.45) is 5.92 Å². The van der Waals surface area contributed by atoms with Gasteiger partial charge in [-0.1, -0.05) is 19.3 Å². The Morgan fingerprint density at radius 3 is 2.70 bits per heavy atom. The molecule has 14 heteroatoms. The summed E-state index contributed by atoms with van der Waals surface area (Å²) in [7, 11) is -3.45. The van der Waals surface area contributed by atoms with E-state index >= 15 is 0 Å². The zero-order valence-electron chi connectivity index (χ0n) is 25.5. The van der Waals surface area contributed by atoms with Crippen molar-refractivity contribution in [3.63, 3.8) is 0 Å². The normalized spacial score (nSPS) is 14.2. The molecule has 0 spiro atoms. The zero-order valence-corrected chi connectivity index (χ0v) is 26.4. The highest BCUT2D eigenvalue weighted by molar-refractivity contribution is 7.88. The van der Waals surface area contributed by atoms with E-state index < -0.39 is 15.8 Å². The van der Waals surface area contributed by atoms with E-state index in [9.17, 15) is 17.6 Å². The van der Waals surface area contributed by atoms with E-state index in [1.165, 1.54) is 31.4 Å². The number of benzene rings is 1. The summed E-state index contributed by atoms with van der Waals surface area (Å²) in [5.74, 6) is 0.372. The summed E-state index contributed by atoms with van der Waals surface area (Å²) in [6, 6.07) is 9.87. The molecule has 6 aromatic rings. The maximum Gasteiger partial charge on any atom is 0.224 e. The molecule has 1 aliphatic rings. The maximum absolute atomic E-state index is 14.6. The number of nitrogens with one attached hydrogen (secondary N) is 4. The minimum atomic E-state index is -3.45. The summed E-state index contributed by atoms with van der Waals surface area (Å²) in [6.45, 7) is -0.0487. The first-order valence-corrected chi connectivity index (χ1v) is 17.3. The van der Waals surface area contributed by atoms with Crippen LogP contribution < -0.4 is 10.0 Å². The molecule has 0 saturated heterocycles. The molecule has 0 radical (unpaired) electrons. The second kappa shape index (κ2) is 12.6. The third-order valence-corrected chi connectivity index (χ3v) is 9.06. The molecule has 1 saturated carbocycles. The number of carbonyl (C=O) groups is 1. The van der Waals surface area contributed by atoms with Crippen molar-refractivity contribution in [3.05, 3.63) is 72.6 Å².